The number of cyclic esters (lactones) is 1. The first-order valence-electron chi connectivity index (χ1n) is 10.5. The lowest BCUT2D eigenvalue weighted by molar-refractivity contribution is 0.130. The molecule has 10 heteroatoms. The second-order valence-corrected chi connectivity index (χ2v) is 9.38. The van der Waals surface area contributed by atoms with Gasteiger partial charge < -0.3 is 4.74 Å². The van der Waals surface area contributed by atoms with E-state index in [-0.39, 0.29) is 24.8 Å². The minimum Gasteiger partial charge on any atom is -0.439 e. The van der Waals surface area contributed by atoms with E-state index in [4.69, 9.17) is 26.4 Å². The number of ether oxygens (including phenoxy) is 1. The average Bonchev–Trinajstić information content (AvgIpc) is 3.44. The van der Waals surface area contributed by atoms with Crippen LogP contribution in [-0.2, 0) is 17.8 Å². The molecule has 2 aliphatic rings. The van der Waals surface area contributed by atoms with Gasteiger partial charge in [-0.2, -0.15) is 5.10 Å². The van der Waals surface area contributed by atoms with Crippen molar-refractivity contribution in [2.75, 3.05) is 0 Å². The van der Waals surface area contributed by atoms with E-state index >= 15 is 0 Å². The minimum atomic E-state index is -0.370. The number of hydrogen-bond acceptors (Lipinski definition) is 5. The SMILES string of the molecule is C[C@@H]1[C@H](c2ccccc2)OC(=O)N1Cc1nc2n(n1)Cc1c(Cl)ncn1-c1ccc(Br)cc1-2. The van der Waals surface area contributed by atoms with Crippen molar-refractivity contribution in [3.8, 4) is 17.1 Å². The van der Waals surface area contributed by atoms with Gasteiger partial charge >= 0.3 is 6.09 Å². The van der Waals surface area contributed by atoms with Crippen LogP contribution in [0, 0.1) is 0 Å². The fraction of sp³-hybridized carbons (Fsp3) is 0.217. The normalized spacial score (nSPS) is 19.0. The van der Waals surface area contributed by atoms with E-state index in [1.54, 1.807) is 11.2 Å². The van der Waals surface area contributed by atoms with Crippen molar-refractivity contribution in [3.05, 3.63) is 81.6 Å². The molecule has 166 valence electrons. The smallest absolute Gasteiger partial charge is 0.411 e. The summed E-state index contributed by atoms with van der Waals surface area (Å²) in [6, 6.07) is 15.6. The van der Waals surface area contributed by atoms with Crippen LogP contribution in [0.2, 0.25) is 5.15 Å². The Kier molecular flexibility index (Phi) is 4.77. The third kappa shape index (κ3) is 3.34. The van der Waals surface area contributed by atoms with Crippen LogP contribution < -0.4 is 0 Å². The molecule has 6 rings (SSSR count). The highest BCUT2D eigenvalue weighted by Crippen LogP contribution is 2.36. The summed E-state index contributed by atoms with van der Waals surface area (Å²) in [5.41, 5.74) is 3.61. The van der Waals surface area contributed by atoms with Crippen LogP contribution in [0.3, 0.4) is 0 Å². The first-order valence-corrected chi connectivity index (χ1v) is 11.6. The molecule has 0 spiro atoms. The molecule has 4 aromatic rings. The van der Waals surface area contributed by atoms with Crippen molar-refractivity contribution in [3.63, 3.8) is 0 Å². The maximum atomic E-state index is 12.7. The molecule has 2 aromatic carbocycles. The number of hydrogen-bond donors (Lipinski definition) is 0. The highest BCUT2D eigenvalue weighted by Gasteiger charge is 2.40. The maximum absolute atomic E-state index is 12.7. The molecular formula is C23H18BrClN6O2. The predicted molar refractivity (Wildman–Crippen MR) is 125 cm³/mol. The summed E-state index contributed by atoms with van der Waals surface area (Å²) in [5, 5.41) is 5.16. The second-order valence-electron chi connectivity index (χ2n) is 8.11. The van der Waals surface area contributed by atoms with Gasteiger partial charge in [0.15, 0.2) is 16.8 Å². The first kappa shape index (κ1) is 20.4. The van der Waals surface area contributed by atoms with Crippen molar-refractivity contribution in [2.45, 2.75) is 32.2 Å². The summed E-state index contributed by atoms with van der Waals surface area (Å²) in [6.07, 6.45) is 1.01. The maximum Gasteiger partial charge on any atom is 0.411 e. The van der Waals surface area contributed by atoms with Crippen LogP contribution in [-0.4, -0.2) is 41.4 Å². The molecule has 4 heterocycles. The molecule has 33 heavy (non-hydrogen) atoms. The Morgan fingerprint density at radius 2 is 2.03 bits per heavy atom. The zero-order chi connectivity index (χ0) is 22.7. The monoisotopic (exact) mass is 524 g/mol. The van der Waals surface area contributed by atoms with Gasteiger partial charge in [-0.05, 0) is 30.7 Å². The van der Waals surface area contributed by atoms with E-state index in [2.05, 4.69) is 20.9 Å². The standard InChI is InChI=1S/C23H18BrClN6O2/c1-13-20(14-5-3-2-4-6-14)33-23(32)29(13)11-19-27-22-16-9-15(24)7-8-17(16)30-12-26-21(25)18(30)10-31(22)28-19/h2-9,12-13,20H,10-11H2,1H3/t13-,20-/m1/s1. The molecule has 8 nitrogen and oxygen atoms in total. The number of carbonyl (C=O) groups is 1. The van der Waals surface area contributed by atoms with Gasteiger partial charge in [0.2, 0.25) is 0 Å². The molecule has 0 N–H and O–H groups in total. The third-order valence-electron chi connectivity index (χ3n) is 6.12. The summed E-state index contributed by atoms with van der Waals surface area (Å²) < 4.78 is 10.4. The number of carbonyl (C=O) groups excluding carboxylic acids is 1. The molecule has 0 radical (unpaired) electrons. The van der Waals surface area contributed by atoms with Crippen molar-refractivity contribution < 1.29 is 9.53 Å². The Labute approximate surface area is 202 Å². The number of imidazole rings is 1. The van der Waals surface area contributed by atoms with E-state index in [1.807, 2.05) is 64.7 Å². The molecule has 2 aromatic heterocycles. The van der Waals surface area contributed by atoms with Crippen LogP contribution in [0.1, 0.15) is 30.1 Å². The van der Waals surface area contributed by atoms with Gasteiger partial charge in [-0.25, -0.2) is 19.4 Å². The van der Waals surface area contributed by atoms with Crippen LogP contribution in [0.25, 0.3) is 17.1 Å². The lowest BCUT2D eigenvalue weighted by atomic mass is 10.0. The van der Waals surface area contributed by atoms with Crippen molar-refractivity contribution >= 4 is 33.6 Å². The predicted octanol–water partition coefficient (Wildman–Crippen LogP) is 4.99. The Hall–Kier alpha value is -3.17. The van der Waals surface area contributed by atoms with E-state index < -0.39 is 0 Å². The highest BCUT2D eigenvalue weighted by molar-refractivity contribution is 9.10. The van der Waals surface area contributed by atoms with Gasteiger partial charge in [-0.3, -0.25) is 9.47 Å². The molecule has 2 atom stereocenters. The number of benzene rings is 2. The summed E-state index contributed by atoms with van der Waals surface area (Å²) in [6.45, 7) is 2.65. The van der Waals surface area contributed by atoms with Gasteiger partial charge in [0.05, 0.1) is 30.5 Å². The molecule has 1 amide bonds. The minimum absolute atomic E-state index is 0.152. The topological polar surface area (TPSA) is 78.1 Å². The fourth-order valence-electron chi connectivity index (χ4n) is 4.46. The largest absolute Gasteiger partial charge is 0.439 e. The lowest BCUT2D eigenvalue weighted by Crippen LogP contribution is -2.31. The molecule has 1 saturated heterocycles. The number of halogens is 2. The molecule has 0 saturated carbocycles. The number of rotatable bonds is 3. The number of aromatic nitrogens is 5. The zero-order valence-corrected chi connectivity index (χ0v) is 19.9. The second kappa shape index (κ2) is 7.71. The molecule has 0 bridgehead atoms. The molecular weight excluding hydrogens is 508 g/mol. The van der Waals surface area contributed by atoms with Gasteiger partial charge in [0.1, 0.15) is 12.4 Å². The molecule has 1 fully saturated rings. The quantitative estimate of drug-likeness (QED) is 0.332. The van der Waals surface area contributed by atoms with Crippen LogP contribution in [0.15, 0.2) is 59.3 Å². The highest BCUT2D eigenvalue weighted by atomic mass is 79.9. The van der Waals surface area contributed by atoms with Crippen molar-refractivity contribution in [1.82, 2.24) is 29.2 Å². The van der Waals surface area contributed by atoms with Crippen LogP contribution in [0.5, 0.6) is 0 Å². The van der Waals surface area contributed by atoms with Crippen molar-refractivity contribution in [2.24, 2.45) is 0 Å². The van der Waals surface area contributed by atoms with E-state index in [0.29, 0.717) is 23.3 Å². The van der Waals surface area contributed by atoms with Crippen LogP contribution >= 0.6 is 27.5 Å². The van der Waals surface area contributed by atoms with Gasteiger partial charge in [-0.1, -0.05) is 57.9 Å². The first-order chi connectivity index (χ1) is 16.0. The fourth-order valence-corrected chi connectivity index (χ4v) is 5.02. The third-order valence-corrected chi connectivity index (χ3v) is 6.93. The summed E-state index contributed by atoms with van der Waals surface area (Å²) in [5.74, 6) is 1.25. The lowest BCUT2D eigenvalue weighted by Gasteiger charge is -2.19. The van der Waals surface area contributed by atoms with Gasteiger partial charge in [0.25, 0.3) is 0 Å². The summed E-state index contributed by atoms with van der Waals surface area (Å²) >= 11 is 9.94. The Morgan fingerprint density at radius 3 is 2.85 bits per heavy atom. The Morgan fingerprint density at radius 1 is 1.21 bits per heavy atom. The van der Waals surface area contributed by atoms with E-state index in [1.165, 1.54) is 0 Å². The number of nitrogens with zero attached hydrogens (tertiary/aromatic N) is 6. The molecule has 2 aliphatic heterocycles. The summed E-state index contributed by atoms with van der Waals surface area (Å²) in [7, 11) is 0. The molecule has 0 aliphatic carbocycles. The number of amides is 1. The molecule has 0 unspecified atom stereocenters. The van der Waals surface area contributed by atoms with Gasteiger partial charge in [0, 0.05) is 10.0 Å². The summed E-state index contributed by atoms with van der Waals surface area (Å²) in [4.78, 5) is 23.5. The van der Waals surface area contributed by atoms with Crippen LogP contribution in [0.4, 0.5) is 4.79 Å². The Bertz CT molecular complexity index is 1390. The average molecular weight is 526 g/mol. The zero-order valence-electron chi connectivity index (χ0n) is 17.5. The van der Waals surface area contributed by atoms with E-state index in [0.717, 1.165) is 27.0 Å². The van der Waals surface area contributed by atoms with E-state index in [9.17, 15) is 4.79 Å². The Balaban J connectivity index is 1.36. The van der Waals surface area contributed by atoms with Gasteiger partial charge in [-0.15, -0.1) is 0 Å². The van der Waals surface area contributed by atoms with Crippen molar-refractivity contribution in [1.29, 1.82) is 0 Å². The number of fused-ring (bicyclic) bond motifs is 5.